The van der Waals surface area contributed by atoms with Crippen molar-refractivity contribution in [2.75, 3.05) is 0 Å². The molecule has 0 saturated carbocycles. The van der Waals surface area contributed by atoms with E-state index in [1.807, 2.05) is 47.8 Å². The van der Waals surface area contributed by atoms with Crippen molar-refractivity contribution in [3.05, 3.63) is 93.9 Å². The summed E-state index contributed by atoms with van der Waals surface area (Å²) in [6.07, 6.45) is 0.664. The molecule has 25 heavy (non-hydrogen) atoms. The number of carbonyl (C=O) groups excluding carboxylic acids is 1. The van der Waals surface area contributed by atoms with Crippen molar-refractivity contribution in [3.8, 4) is 0 Å². The lowest BCUT2D eigenvalue weighted by atomic mass is 10.0. The molecule has 0 spiro atoms. The molecule has 0 aliphatic carbocycles. The summed E-state index contributed by atoms with van der Waals surface area (Å²) in [7, 11) is 0. The summed E-state index contributed by atoms with van der Waals surface area (Å²) < 4.78 is 13.2. The first kappa shape index (κ1) is 15.7. The van der Waals surface area contributed by atoms with E-state index in [0.29, 0.717) is 12.0 Å². The number of hydrogen-bond acceptors (Lipinski definition) is 3. The lowest BCUT2D eigenvalue weighted by Gasteiger charge is -2.22. The molecular weight excluding hydrogens is 335 g/mol. The summed E-state index contributed by atoms with van der Waals surface area (Å²) in [5, 5.41) is 8.13. The molecule has 2 aromatic carbocycles. The van der Waals surface area contributed by atoms with Crippen LogP contribution in [0.2, 0.25) is 0 Å². The van der Waals surface area contributed by atoms with Crippen LogP contribution < -0.4 is 0 Å². The van der Waals surface area contributed by atoms with Crippen LogP contribution in [0.3, 0.4) is 0 Å². The van der Waals surface area contributed by atoms with Gasteiger partial charge in [-0.05, 0) is 41.3 Å². The lowest BCUT2D eigenvalue weighted by molar-refractivity contribution is 0.0711. The first-order valence-electron chi connectivity index (χ1n) is 7.98. The Morgan fingerprint density at radius 3 is 2.48 bits per heavy atom. The van der Waals surface area contributed by atoms with E-state index in [1.165, 1.54) is 29.3 Å². The van der Waals surface area contributed by atoms with E-state index in [1.54, 1.807) is 11.3 Å². The smallest absolute Gasteiger partial charge is 0.267 e. The number of carbonyl (C=O) groups is 1. The Balaban J connectivity index is 1.71. The van der Waals surface area contributed by atoms with Gasteiger partial charge >= 0.3 is 0 Å². The molecule has 5 heteroatoms. The third-order valence-electron chi connectivity index (χ3n) is 4.20. The van der Waals surface area contributed by atoms with Crippen LogP contribution in [0.25, 0.3) is 0 Å². The van der Waals surface area contributed by atoms with Crippen molar-refractivity contribution in [3.63, 3.8) is 0 Å². The van der Waals surface area contributed by atoms with Gasteiger partial charge in [-0.2, -0.15) is 5.10 Å². The lowest BCUT2D eigenvalue weighted by Crippen LogP contribution is -2.27. The molecule has 0 N–H and O–H groups in total. The first-order chi connectivity index (χ1) is 12.2. The SMILES string of the molecule is O=C(c1ccc(F)cc1)N1N=C(c2cccs2)C[C@H]1c1ccccc1. The Labute approximate surface area is 149 Å². The molecule has 4 rings (SSSR count). The van der Waals surface area contributed by atoms with E-state index in [4.69, 9.17) is 0 Å². The average molecular weight is 350 g/mol. The van der Waals surface area contributed by atoms with Crippen molar-refractivity contribution in [2.45, 2.75) is 12.5 Å². The highest BCUT2D eigenvalue weighted by Gasteiger charge is 2.33. The van der Waals surface area contributed by atoms with Crippen molar-refractivity contribution in [2.24, 2.45) is 5.10 Å². The Bertz CT molecular complexity index is 905. The molecule has 1 amide bonds. The minimum Gasteiger partial charge on any atom is -0.267 e. The van der Waals surface area contributed by atoms with E-state index in [9.17, 15) is 9.18 Å². The highest BCUT2D eigenvalue weighted by atomic mass is 32.1. The third-order valence-corrected chi connectivity index (χ3v) is 5.12. The zero-order chi connectivity index (χ0) is 17.2. The molecule has 0 unspecified atom stereocenters. The highest BCUT2D eigenvalue weighted by molar-refractivity contribution is 7.12. The second-order valence-corrected chi connectivity index (χ2v) is 6.76. The van der Waals surface area contributed by atoms with Gasteiger partial charge in [0.05, 0.1) is 16.6 Å². The van der Waals surface area contributed by atoms with Crippen LogP contribution >= 0.6 is 11.3 Å². The Morgan fingerprint density at radius 2 is 1.80 bits per heavy atom. The normalized spacial score (nSPS) is 16.8. The fourth-order valence-corrected chi connectivity index (χ4v) is 3.67. The predicted octanol–water partition coefficient (Wildman–Crippen LogP) is 4.88. The summed E-state index contributed by atoms with van der Waals surface area (Å²) in [6, 6.07) is 19.3. The molecule has 0 radical (unpaired) electrons. The van der Waals surface area contributed by atoms with Crippen LogP contribution in [0.4, 0.5) is 4.39 Å². The van der Waals surface area contributed by atoms with Gasteiger partial charge in [0.25, 0.3) is 5.91 Å². The van der Waals surface area contributed by atoms with E-state index < -0.39 is 0 Å². The quantitative estimate of drug-likeness (QED) is 0.663. The summed E-state index contributed by atoms with van der Waals surface area (Å²) in [6.45, 7) is 0. The van der Waals surface area contributed by atoms with Crippen LogP contribution in [-0.4, -0.2) is 16.6 Å². The summed E-state index contributed by atoms with van der Waals surface area (Å²) in [4.78, 5) is 14.0. The number of benzene rings is 2. The number of halogens is 1. The molecule has 3 nitrogen and oxygen atoms in total. The van der Waals surface area contributed by atoms with Crippen LogP contribution in [0, 0.1) is 5.82 Å². The van der Waals surface area contributed by atoms with Crippen molar-refractivity contribution < 1.29 is 9.18 Å². The second kappa shape index (κ2) is 6.61. The average Bonchev–Trinajstić information content (AvgIpc) is 3.32. The number of nitrogens with zero attached hydrogens (tertiary/aromatic N) is 2. The van der Waals surface area contributed by atoms with E-state index in [0.717, 1.165) is 16.2 Å². The zero-order valence-electron chi connectivity index (χ0n) is 13.3. The summed E-state index contributed by atoms with van der Waals surface area (Å²) in [5.41, 5.74) is 2.37. The van der Waals surface area contributed by atoms with Gasteiger partial charge in [-0.1, -0.05) is 36.4 Å². The van der Waals surface area contributed by atoms with Gasteiger partial charge in [0, 0.05) is 12.0 Å². The molecule has 1 aromatic heterocycles. The number of amides is 1. The Hall–Kier alpha value is -2.79. The van der Waals surface area contributed by atoms with Gasteiger partial charge < -0.3 is 0 Å². The number of thiophene rings is 1. The summed E-state index contributed by atoms with van der Waals surface area (Å²) in [5.74, 6) is -0.583. The predicted molar refractivity (Wildman–Crippen MR) is 97.2 cm³/mol. The van der Waals surface area contributed by atoms with E-state index >= 15 is 0 Å². The second-order valence-electron chi connectivity index (χ2n) is 5.81. The van der Waals surface area contributed by atoms with Crippen molar-refractivity contribution in [1.82, 2.24) is 5.01 Å². The molecule has 1 atom stereocenters. The van der Waals surface area contributed by atoms with Crippen LogP contribution in [0.15, 0.2) is 77.2 Å². The monoisotopic (exact) mass is 350 g/mol. The fourth-order valence-electron chi connectivity index (χ4n) is 2.95. The van der Waals surface area contributed by atoms with Gasteiger partial charge in [-0.25, -0.2) is 9.40 Å². The largest absolute Gasteiger partial charge is 0.274 e. The van der Waals surface area contributed by atoms with Gasteiger partial charge in [-0.3, -0.25) is 4.79 Å². The standard InChI is InChI=1S/C20H15FN2OS/c21-16-10-8-15(9-11-16)20(24)23-18(14-5-2-1-3-6-14)13-17(22-23)19-7-4-12-25-19/h1-12,18H,13H2/t18-/m0/s1. The maximum absolute atomic E-state index is 13.2. The minimum atomic E-state index is -0.361. The molecular formula is C20H15FN2OS. The number of hydrazone groups is 1. The molecule has 3 aromatic rings. The Morgan fingerprint density at radius 1 is 1.04 bits per heavy atom. The fraction of sp³-hybridized carbons (Fsp3) is 0.100. The maximum Gasteiger partial charge on any atom is 0.274 e. The topological polar surface area (TPSA) is 32.7 Å². The van der Waals surface area contributed by atoms with Crippen LogP contribution in [-0.2, 0) is 0 Å². The zero-order valence-corrected chi connectivity index (χ0v) is 14.1. The van der Waals surface area contributed by atoms with E-state index in [-0.39, 0.29) is 17.8 Å². The van der Waals surface area contributed by atoms with Gasteiger partial charge in [-0.15, -0.1) is 11.3 Å². The Kier molecular flexibility index (Phi) is 4.15. The van der Waals surface area contributed by atoms with Gasteiger partial charge in [0.1, 0.15) is 5.82 Å². The van der Waals surface area contributed by atoms with Gasteiger partial charge in [0.2, 0.25) is 0 Å². The first-order valence-corrected chi connectivity index (χ1v) is 8.86. The van der Waals surface area contributed by atoms with Gasteiger partial charge in [0.15, 0.2) is 0 Å². The van der Waals surface area contributed by atoms with Crippen molar-refractivity contribution in [1.29, 1.82) is 0 Å². The van der Waals surface area contributed by atoms with Crippen LogP contribution in [0.5, 0.6) is 0 Å². The van der Waals surface area contributed by atoms with Crippen LogP contribution in [0.1, 0.15) is 33.3 Å². The molecule has 1 aliphatic rings. The molecule has 2 heterocycles. The summed E-state index contributed by atoms with van der Waals surface area (Å²) >= 11 is 1.61. The minimum absolute atomic E-state index is 0.157. The molecule has 1 aliphatic heterocycles. The molecule has 124 valence electrons. The molecule has 0 saturated heterocycles. The highest BCUT2D eigenvalue weighted by Crippen LogP contribution is 2.34. The number of rotatable bonds is 3. The molecule has 0 bridgehead atoms. The molecule has 0 fully saturated rings. The van der Waals surface area contributed by atoms with E-state index in [2.05, 4.69) is 5.10 Å². The number of hydrogen-bond donors (Lipinski definition) is 0. The maximum atomic E-state index is 13.2. The van der Waals surface area contributed by atoms with Crippen molar-refractivity contribution >= 4 is 23.0 Å². The third kappa shape index (κ3) is 3.10.